The van der Waals surface area contributed by atoms with Crippen LogP contribution in [0, 0.1) is 6.92 Å². The zero-order valence-electron chi connectivity index (χ0n) is 20.4. The van der Waals surface area contributed by atoms with Gasteiger partial charge in [-0.1, -0.05) is 13.0 Å². The van der Waals surface area contributed by atoms with Gasteiger partial charge in [-0.25, -0.2) is 15.0 Å². The van der Waals surface area contributed by atoms with Gasteiger partial charge >= 0.3 is 0 Å². The summed E-state index contributed by atoms with van der Waals surface area (Å²) in [5, 5.41) is 3.49. The summed E-state index contributed by atoms with van der Waals surface area (Å²) in [5.74, 6) is 2.01. The molecular weight excluding hydrogens is 432 g/mol. The third-order valence-corrected chi connectivity index (χ3v) is 6.16. The molecule has 4 heterocycles. The second-order valence-corrected chi connectivity index (χ2v) is 8.30. The van der Waals surface area contributed by atoms with Gasteiger partial charge in [0.05, 0.1) is 30.6 Å². The van der Waals surface area contributed by atoms with E-state index >= 15 is 0 Å². The van der Waals surface area contributed by atoms with Crippen LogP contribution in [0.1, 0.15) is 25.2 Å². The number of aryl methyl sites for hydroxylation is 2. The molecule has 1 fully saturated rings. The van der Waals surface area contributed by atoms with Crippen molar-refractivity contribution in [3.63, 3.8) is 0 Å². The molecule has 0 radical (unpaired) electrons. The van der Waals surface area contributed by atoms with E-state index in [0.717, 1.165) is 22.8 Å². The average molecular weight is 465 g/mol. The predicted octanol–water partition coefficient (Wildman–Crippen LogP) is 2.82. The van der Waals surface area contributed by atoms with Crippen molar-refractivity contribution in [2.24, 2.45) is 7.05 Å². The highest BCUT2D eigenvalue weighted by Gasteiger charge is 2.35. The van der Waals surface area contributed by atoms with Crippen molar-refractivity contribution in [3.8, 4) is 17.3 Å². The molecule has 0 aliphatic carbocycles. The van der Waals surface area contributed by atoms with E-state index in [2.05, 4.69) is 20.2 Å². The minimum atomic E-state index is -0.122. The highest BCUT2D eigenvalue weighted by atomic mass is 16.5. The van der Waals surface area contributed by atoms with E-state index in [1.54, 1.807) is 31.0 Å². The maximum absolute atomic E-state index is 13.5. The smallest absolute Gasteiger partial charge is 0.277 e. The van der Waals surface area contributed by atoms with Crippen LogP contribution in [0.25, 0.3) is 11.4 Å². The number of nitrogens with zero attached hydrogens (tertiary/aromatic N) is 5. The fourth-order valence-corrected chi connectivity index (χ4v) is 4.38. The highest BCUT2D eigenvalue weighted by molar-refractivity contribution is 5.62. The number of pyridine rings is 2. The molecule has 0 unspecified atom stereocenters. The zero-order valence-corrected chi connectivity index (χ0v) is 20.4. The summed E-state index contributed by atoms with van der Waals surface area (Å²) >= 11 is 0. The van der Waals surface area contributed by atoms with Crippen LogP contribution < -0.4 is 20.5 Å². The summed E-state index contributed by atoms with van der Waals surface area (Å²) < 4.78 is 12.8. The Bertz CT molecular complexity index is 1200. The molecule has 3 aromatic rings. The lowest BCUT2D eigenvalue weighted by molar-refractivity contribution is 0.0719. The first-order valence-electron chi connectivity index (χ1n) is 11.6. The van der Waals surface area contributed by atoms with Crippen LogP contribution >= 0.6 is 0 Å². The van der Waals surface area contributed by atoms with Gasteiger partial charge in [-0.3, -0.25) is 9.36 Å². The molecule has 0 bridgehead atoms. The van der Waals surface area contributed by atoms with Crippen molar-refractivity contribution in [3.05, 3.63) is 58.3 Å². The van der Waals surface area contributed by atoms with Gasteiger partial charge in [0.1, 0.15) is 17.3 Å². The summed E-state index contributed by atoms with van der Waals surface area (Å²) in [4.78, 5) is 29.5. The van der Waals surface area contributed by atoms with E-state index in [4.69, 9.17) is 14.5 Å². The fourth-order valence-electron chi connectivity index (χ4n) is 4.38. The van der Waals surface area contributed by atoms with Gasteiger partial charge in [0, 0.05) is 44.6 Å². The Balaban J connectivity index is 1.68. The number of aromatic nitrogens is 4. The van der Waals surface area contributed by atoms with Crippen LogP contribution in [0.15, 0.2) is 41.3 Å². The van der Waals surface area contributed by atoms with E-state index < -0.39 is 0 Å². The summed E-state index contributed by atoms with van der Waals surface area (Å²) in [6.45, 7) is 7.85. The lowest BCUT2D eigenvalue weighted by Gasteiger charge is -2.22. The Kier molecular flexibility index (Phi) is 7.12. The topological polar surface area (TPSA) is 94.4 Å². The van der Waals surface area contributed by atoms with Crippen LogP contribution in [0.3, 0.4) is 0 Å². The van der Waals surface area contributed by atoms with E-state index in [1.807, 2.05) is 45.0 Å². The van der Waals surface area contributed by atoms with E-state index in [9.17, 15) is 4.79 Å². The molecule has 0 amide bonds. The van der Waals surface area contributed by atoms with Gasteiger partial charge in [-0.05, 0) is 38.5 Å². The average Bonchev–Trinajstić information content (AvgIpc) is 3.25. The van der Waals surface area contributed by atoms with E-state index in [-0.39, 0.29) is 17.7 Å². The van der Waals surface area contributed by atoms with Crippen molar-refractivity contribution in [1.29, 1.82) is 0 Å². The second kappa shape index (κ2) is 10.2. The Morgan fingerprint density at radius 2 is 1.97 bits per heavy atom. The first kappa shape index (κ1) is 23.7. The third-order valence-electron chi connectivity index (χ3n) is 6.16. The van der Waals surface area contributed by atoms with E-state index in [1.165, 1.54) is 0 Å². The molecule has 34 heavy (non-hydrogen) atoms. The first-order valence-corrected chi connectivity index (χ1v) is 11.6. The molecule has 1 N–H and O–H groups in total. The van der Waals surface area contributed by atoms with Crippen molar-refractivity contribution in [1.82, 2.24) is 19.5 Å². The van der Waals surface area contributed by atoms with Crippen LogP contribution in [-0.4, -0.2) is 58.5 Å². The molecule has 2 atom stereocenters. The van der Waals surface area contributed by atoms with Gasteiger partial charge < -0.3 is 19.7 Å². The van der Waals surface area contributed by atoms with Crippen LogP contribution in [0.4, 0.5) is 11.5 Å². The van der Waals surface area contributed by atoms with Crippen molar-refractivity contribution >= 4 is 11.5 Å². The lowest BCUT2D eigenvalue weighted by Crippen LogP contribution is -2.38. The number of hydrogen-bond donors (Lipinski definition) is 1. The standard InChI is InChI=1S/C25H32N6O3/c1-6-18-23(25(32)30(4)24(29-18)17-11-12-22(33-5)27-16(17)3)28-19-14-31(15-20(19)34-7-2)21-10-8-9-13-26-21/h8-13,19-20,28H,6-7,14-15H2,1-5H3/t19-,20+/m1/s1. The van der Waals surface area contributed by atoms with Crippen molar-refractivity contribution < 1.29 is 9.47 Å². The number of anilines is 2. The molecule has 4 rings (SSSR count). The van der Waals surface area contributed by atoms with E-state index in [0.29, 0.717) is 43.5 Å². The predicted molar refractivity (Wildman–Crippen MR) is 133 cm³/mol. The van der Waals surface area contributed by atoms with Crippen LogP contribution in [-0.2, 0) is 18.2 Å². The third kappa shape index (κ3) is 4.61. The lowest BCUT2D eigenvalue weighted by atomic mass is 10.1. The quantitative estimate of drug-likeness (QED) is 0.544. The summed E-state index contributed by atoms with van der Waals surface area (Å²) in [7, 11) is 3.33. The van der Waals surface area contributed by atoms with Gasteiger partial charge in [0.2, 0.25) is 5.88 Å². The molecule has 9 nitrogen and oxygen atoms in total. The maximum Gasteiger partial charge on any atom is 0.277 e. The van der Waals surface area contributed by atoms with Crippen molar-refractivity contribution in [2.75, 3.05) is 37.0 Å². The van der Waals surface area contributed by atoms with Gasteiger partial charge in [-0.15, -0.1) is 0 Å². The molecule has 0 saturated carbocycles. The second-order valence-electron chi connectivity index (χ2n) is 8.30. The zero-order chi connectivity index (χ0) is 24.2. The Hall–Kier alpha value is -3.46. The van der Waals surface area contributed by atoms with Gasteiger partial charge in [0.15, 0.2) is 0 Å². The molecule has 0 spiro atoms. The molecule has 180 valence electrons. The van der Waals surface area contributed by atoms with Crippen molar-refractivity contribution in [2.45, 2.75) is 39.3 Å². The molecule has 1 saturated heterocycles. The van der Waals surface area contributed by atoms with Gasteiger partial charge in [0.25, 0.3) is 5.56 Å². The summed E-state index contributed by atoms with van der Waals surface area (Å²) in [5.41, 5.74) is 2.67. The first-order chi connectivity index (χ1) is 16.5. The number of nitrogens with one attached hydrogen (secondary N) is 1. The Morgan fingerprint density at radius 3 is 2.62 bits per heavy atom. The number of rotatable bonds is 8. The number of hydrogen-bond acceptors (Lipinski definition) is 8. The Morgan fingerprint density at radius 1 is 1.15 bits per heavy atom. The molecule has 1 aliphatic rings. The minimum absolute atomic E-state index is 0.0722. The summed E-state index contributed by atoms with van der Waals surface area (Å²) in [6, 6.07) is 9.47. The minimum Gasteiger partial charge on any atom is -0.481 e. The van der Waals surface area contributed by atoms with Gasteiger partial charge in [-0.2, -0.15) is 0 Å². The SMILES string of the molecule is CCO[C@H]1CN(c2ccccn2)C[C@H]1Nc1c(CC)nc(-c2ccc(OC)nc2C)n(C)c1=O. The molecule has 0 aromatic carbocycles. The molecule has 9 heteroatoms. The van der Waals surface area contributed by atoms with Crippen LogP contribution in [0.5, 0.6) is 5.88 Å². The highest BCUT2D eigenvalue weighted by Crippen LogP contribution is 2.26. The fraction of sp³-hybridized carbons (Fsp3) is 0.440. The Labute approximate surface area is 199 Å². The summed E-state index contributed by atoms with van der Waals surface area (Å²) in [6.07, 6.45) is 2.33. The molecule has 1 aliphatic heterocycles. The maximum atomic E-state index is 13.5. The molecule has 3 aromatic heterocycles. The number of methoxy groups -OCH3 is 1. The van der Waals surface area contributed by atoms with Crippen LogP contribution in [0.2, 0.25) is 0 Å². The normalized spacial score (nSPS) is 17.7. The molecular formula is C25H32N6O3. The number of ether oxygens (including phenoxy) is 2. The largest absolute Gasteiger partial charge is 0.481 e. The monoisotopic (exact) mass is 464 g/mol.